The number of carbonyl (C=O) groups is 1. The van der Waals surface area contributed by atoms with Gasteiger partial charge in [0.25, 0.3) is 5.91 Å². The Kier molecular flexibility index (Phi) is 4.85. The minimum absolute atomic E-state index is 0.00916. The summed E-state index contributed by atoms with van der Waals surface area (Å²) in [6.07, 6.45) is 1.91. The molecule has 1 aliphatic heterocycles. The first-order chi connectivity index (χ1) is 11.9. The average Bonchev–Trinajstić information content (AvgIpc) is 3.22. The van der Waals surface area contributed by atoms with Gasteiger partial charge in [0.15, 0.2) is 15.6 Å². The second-order valence-corrected chi connectivity index (χ2v) is 8.76. The third-order valence-corrected chi connectivity index (χ3v) is 6.20. The number of anilines is 1. The molecule has 1 fully saturated rings. The van der Waals surface area contributed by atoms with Crippen molar-refractivity contribution < 1.29 is 17.6 Å². The molecule has 7 heteroatoms. The Morgan fingerprint density at radius 2 is 1.92 bits per heavy atom. The topological polar surface area (TPSA) is 70.8 Å². The molecule has 1 aromatic carbocycles. The zero-order chi connectivity index (χ0) is 18.0. The van der Waals surface area contributed by atoms with Gasteiger partial charge in [0, 0.05) is 32.4 Å². The van der Waals surface area contributed by atoms with Crippen LogP contribution in [0.2, 0.25) is 0 Å². The quantitative estimate of drug-likeness (QED) is 0.815. The molecule has 0 unspecified atom stereocenters. The normalized spacial score (nSPS) is 18.9. The van der Waals surface area contributed by atoms with Gasteiger partial charge in [0.05, 0.1) is 17.8 Å². The maximum absolute atomic E-state index is 12.8. The summed E-state index contributed by atoms with van der Waals surface area (Å²) in [5.74, 6) is 0.0898. The second-order valence-electron chi connectivity index (χ2n) is 6.53. The van der Waals surface area contributed by atoms with Crippen molar-refractivity contribution in [1.82, 2.24) is 4.90 Å². The molecular weight excluding hydrogens is 340 g/mol. The zero-order valence-electron chi connectivity index (χ0n) is 14.4. The van der Waals surface area contributed by atoms with Gasteiger partial charge >= 0.3 is 0 Å². The van der Waals surface area contributed by atoms with E-state index in [-0.39, 0.29) is 29.2 Å². The van der Waals surface area contributed by atoms with Gasteiger partial charge in [0.2, 0.25) is 0 Å². The molecule has 0 aliphatic carbocycles. The highest BCUT2D eigenvalue weighted by Gasteiger charge is 2.35. The number of furan rings is 1. The van der Waals surface area contributed by atoms with Crippen LogP contribution in [0.5, 0.6) is 0 Å². The lowest BCUT2D eigenvalue weighted by Crippen LogP contribution is -2.40. The van der Waals surface area contributed by atoms with Crippen molar-refractivity contribution in [2.24, 2.45) is 0 Å². The summed E-state index contributed by atoms with van der Waals surface area (Å²) in [5.41, 5.74) is 2.02. The molecule has 0 spiro atoms. The average molecular weight is 362 g/mol. The number of hydrogen-bond donors (Lipinski definition) is 0. The van der Waals surface area contributed by atoms with Crippen LogP contribution in [-0.2, 0) is 16.4 Å². The molecule has 1 aliphatic rings. The number of hydrogen-bond acceptors (Lipinski definition) is 5. The van der Waals surface area contributed by atoms with Crippen LogP contribution in [0.3, 0.4) is 0 Å². The van der Waals surface area contributed by atoms with Gasteiger partial charge < -0.3 is 14.2 Å². The molecule has 1 aromatic heterocycles. The van der Waals surface area contributed by atoms with Gasteiger partial charge in [-0.1, -0.05) is 12.1 Å². The number of amides is 1. The minimum atomic E-state index is -3.08. The Labute approximate surface area is 148 Å². The van der Waals surface area contributed by atoms with E-state index in [9.17, 15) is 13.2 Å². The van der Waals surface area contributed by atoms with E-state index in [1.54, 1.807) is 17.0 Å². The summed E-state index contributed by atoms with van der Waals surface area (Å²) in [6.45, 7) is 0.355. The van der Waals surface area contributed by atoms with Gasteiger partial charge in [-0.25, -0.2) is 8.42 Å². The van der Waals surface area contributed by atoms with Crippen LogP contribution in [0.1, 0.15) is 22.5 Å². The van der Waals surface area contributed by atoms with Crippen LogP contribution >= 0.6 is 0 Å². The van der Waals surface area contributed by atoms with Crippen LogP contribution < -0.4 is 4.90 Å². The van der Waals surface area contributed by atoms with Gasteiger partial charge in [0.1, 0.15) is 0 Å². The largest absolute Gasteiger partial charge is 0.459 e. The van der Waals surface area contributed by atoms with Gasteiger partial charge in [-0.3, -0.25) is 4.79 Å². The lowest BCUT2D eigenvalue weighted by atomic mass is 10.1. The first kappa shape index (κ1) is 17.5. The molecule has 1 saturated heterocycles. The number of nitrogens with zero attached hydrogens (tertiary/aromatic N) is 2. The standard InChI is InChI=1S/C18H22N2O4S/c1-19(2)15-7-5-14(6-8-15)12-20(16-9-11-25(22,23)13-16)18(21)17-4-3-10-24-17/h3-8,10,16H,9,11-13H2,1-2H3/t16-/m1/s1. The van der Waals surface area contributed by atoms with Gasteiger partial charge in [-0.2, -0.15) is 0 Å². The fourth-order valence-corrected chi connectivity index (χ4v) is 4.76. The summed E-state index contributed by atoms with van der Waals surface area (Å²) in [7, 11) is 0.843. The van der Waals surface area contributed by atoms with Crippen LogP contribution in [-0.4, -0.2) is 50.9 Å². The molecule has 0 bridgehead atoms. The first-order valence-electron chi connectivity index (χ1n) is 8.17. The van der Waals surface area contributed by atoms with Crippen LogP contribution in [0.25, 0.3) is 0 Å². The summed E-state index contributed by atoms with van der Waals surface area (Å²) in [5, 5.41) is 0. The molecule has 1 amide bonds. The van der Waals surface area contributed by atoms with Crippen molar-refractivity contribution in [1.29, 1.82) is 0 Å². The fraction of sp³-hybridized carbons (Fsp3) is 0.389. The number of rotatable bonds is 5. The molecule has 3 rings (SSSR count). The van der Waals surface area contributed by atoms with Crippen LogP contribution in [0.15, 0.2) is 47.1 Å². The van der Waals surface area contributed by atoms with E-state index in [2.05, 4.69) is 0 Å². The van der Waals surface area contributed by atoms with Crippen molar-refractivity contribution >= 4 is 21.4 Å². The van der Waals surface area contributed by atoms with E-state index in [0.717, 1.165) is 11.3 Å². The third-order valence-electron chi connectivity index (χ3n) is 4.45. The second kappa shape index (κ2) is 6.92. The molecule has 0 N–H and O–H groups in total. The van der Waals surface area contributed by atoms with E-state index >= 15 is 0 Å². The Morgan fingerprint density at radius 3 is 2.44 bits per heavy atom. The van der Waals surface area contributed by atoms with E-state index in [4.69, 9.17) is 4.42 Å². The van der Waals surface area contributed by atoms with E-state index in [0.29, 0.717) is 13.0 Å². The predicted octanol–water partition coefficient (Wildman–Crippen LogP) is 2.18. The van der Waals surface area contributed by atoms with Crippen LogP contribution in [0.4, 0.5) is 5.69 Å². The molecule has 25 heavy (non-hydrogen) atoms. The third kappa shape index (κ3) is 4.04. The Bertz CT molecular complexity index is 826. The van der Waals surface area contributed by atoms with E-state index < -0.39 is 9.84 Å². The van der Waals surface area contributed by atoms with Gasteiger partial charge in [-0.15, -0.1) is 0 Å². The highest BCUT2D eigenvalue weighted by Crippen LogP contribution is 2.23. The van der Waals surface area contributed by atoms with Gasteiger partial charge in [-0.05, 0) is 36.2 Å². The van der Waals surface area contributed by atoms with Crippen molar-refractivity contribution in [3.8, 4) is 0 Å². The Morgan fingerprint density at radius 1 is 1.20 bits per heavy atom. The Balaban J connectivity index is 1.84. The van der Waals surface area contributed by atoms with Crippen LogP contribution in [0, 0.1) is 0 Å². The number of sulfone groups is 1. The molecule has 1 atom stereocenters. The SMILES string of the molecule is CN(C)c1ccc(CN(C(=O)c2ccco2)[C@@H]2CCS(=O)(=O)C2)cc1. The van der Waals surface area contributed by atoms with Crippen molar-refractivity contribution in [2.45, 2.75) is 19.0 Å². The van der Waals surface area contributed by atoms with Crippen molar-refractivity contribution in [2.75, 3.05) is 30.5 Å². The van der Waals surface area contributed by atoms with E-state index in [1.807, 2.05) is 43.3 Å². The maximum Gasteiger partial charge on any atom is 0.290 e. The van der Waals surface area contributed by atoms with Crippen molar-refractivity contribution in [3.63, 3.8) is 0 Å². The smallest absolute Gasteiger partial charge is 0.290 e. The number of carbonyl (C=O) groups excluding carboxylic acids is 1. The zero-order valence-corrected chi connectivity index (χ0v) is 15.2. The lowest BCUT2D eigenvalue weighted by molar-refractivity contribution is 0.0648. The first-order valence-corrected chi connectivity index (χ1v) is 9.99. The molecule has 2 aromatic rings. The molecule has 134 valence electrons. The molecular formula is C18H22N2O4S. The maximum atomic E-state index is 12.8. The monoisotopic (exact) mass is 362 g/mol. The molecule has 6 nitrogen and oxygen atoms in total. The molecule has 0 saturated carbocycles. The van der Waals surface area contributed by atoms with Crippen molar-refractivity contribution in [3.05, 3.63) is 54.0 Å². The summed E-state index contributed by atoms with van der Waals surface area (Å²) in [4.78, 5) is 16.4. The number of benzene rings is 1. The predicted molar refractivity (Wildman–Crippen MR) is 96.4 cm³/mol. The summed E-state index contributed by atoms with van der Waals surface area (Å²) < 4.78 is 28.9. The molecule has 0 radical (unpaired) electrons. The highest BCUT2D eigenvalue weighted by atomic mass is 32.2. The minimum Gasteiger partial charge on any atom is -0.459 e. The van der Waals surface area contributed by atoms with E-state index in [1.165, 1.54) is 6.26 Å². The molecule has 2 heterocycles. The summed E-state index contributed by atoms with van der Waals surface area (Å²) >= 11 is 0. The lowest BCUT2D eigenvalue weighted by Gasteiger charge is -2.27. The fourth-order valence-electron chi connectivity index (χ4n) is 3.03. The highest BCUT2D eigenvalue weighted by molar-refractivity contribution is 7.91. The summed E-state index contributed by atoms with van der Waals surface area (Å²) in [6, 6.07) is 10.8. The Hall–Kier alpha value is -2.28.